The molecule has 1 aromatic carbocycles. The van der Waals surface area contributed by atoms with Crippen LogP contribution in [-0.2, 0) is 0 Å². The first kappa shape index (κ1) is 10.7. The van der Waals surface area contributed by atoms with E-state index in [1.165, 1.54) is 0 Å². The van der Waals surface area contributed by atoms with Gasteiger partial charge in [0.05, 0.1) is 5.69 Å². The quantitative estimate of drug-likeness (QED) is 0.598. The van der Waals surface area contributed by atoms with Gasteiger partial charge < -0.3 is 0 Å². The lowest BCUT2D eigenvalue weighted by atomic mass is 10.1. The Morgan fingerprint density at radius 2 is 2.06 bits per heavy atom. The summed E-state index contributed by atoms with van der Waals surface area (Å²) in [5.41, 5.74) is 1.86. The molecule has 1 unspecified atom stereocenters. The first-order valence-electron chi connectivity index (χ1n) is 4.70. The van der Waals surface area contributed by atoms with Crippen molar-refractivity contribution in [3.63, 3.8) is 0 Å². The normalized spacial score (nSPS) is 12.0. The third kappa shape index (κ3) is 2.23. The zero-order valence-corrected chi connectivity index (χ0v) is 9.35. The lowest BCUT2D eigenvalue weighted by Crippen LogP contribution is -1.82. The van der Waals surface area contributed by atoms with Crippen molar-refractivity contribution >= 4 is 16.5 Å². The molecule has 0 bridgehead atoms. The molecule has 0 radical (unpaired) electrons. The molecule has 0 amide bonds. The van der Waals surface area contributed by atoms with Crippen LogP contribution >= 0.6 is 10.7 Å². The van der Waals surface area contributed by atoms with Crippen LogP contribution < -0.4 is 0 Å². The SMILES string of the molecule is C=S(N=O)c1cccc(-c2ccccn2)c1. The Balaban J connectivity index is 2.44. The fourth-order valence-electron chi connectivity index (χ4n) is 1.38. The molecule has 0 saturated carbocycles. The Kier molecular flexibility index (Phi) is 3.22. The summed E-state index contributed by atoms with van der Waals surface area (Å²) >= 11 is 0. The van der Waals surface area contributed by atoms with Gasteiger partial charge in [-0.25, -0.2) is 0 Å². The van der Waals surface area contributed by atoms with Gasteiger partial charge in [-0.1, -0.05) is 18.2 Å². The van der Waals surface area contributed by atoms with Crippen LogP contribution in [0.4, 0.5) is 0 Å². The monoisotopic (exact) mass is 230 g/mol. The molecular formula is C12H10N2OS. The van der Waals surface area contributed by atoms with Gasteiger partial charge in [-0.15, -0.1) is 4.91 Å². The molecule has 2 rings (SSSR count). The summed E-state index contributed by atoms with van der Waals surface area (Å²) in [6, 6.07) is 13.3. The maximum atomic E-state index is 10.4. The fraction of sp³-hybridized carbons (Fsp3) is 0. The van der Waals surface area contributed by atoms with E-state index in [0.29, 0.717) is 0 Å². The van der Waals surface area contributed by atoms with Crippen molar-refractivity contribution in [2.45, 2.75) is 4.90 Å². The minimum atomic E-state index is -0.833. The van der Waals surface area contributed by atoms with Gasteiger partial charge in [0, 0.05) is 21.2 Å². The standard InChI is InChI=1S/C12H10N2OS/c1-16(14-15)11-6-4-5-10(9-11)12-7-2-3-8-13-12/h2-9H,1H2. The first-order chi connectivity index (χ1) is 7.81. The van der Waals surface area contributed by atoms with Crippen molar-refractivity contribution in [3.8, 4) is 11.3 Å². The zero-order chi connectivity index (χ0) is 11.4. The third-order valence-electron chi connectivity index (χ3n) is 2.16. The molecule has 2 aromatic rings. The van der Waals surface area contributed by atoms with Crippen LogP contribution in [0.2, 0.25) is 0 Å². The van der Waals surface area contributed by atoms with Crippen LogP contribution in [0, 0.1) is 4.91 Å². The molecule has 0 aliphatic heterocycles. The average Bonchev–Trinajstić information content (AvgIpc) is 2.39. The number of hydrogen-bond acceptors (Lipinski definition) is 3. The van der Waals surface area contributed by atoms with Crippen LogP contribution in [0.5, 0.6) is 0 Å². The van der Waals surface area contributed by atoms with E-state index in [1.54, 1.807) is 6.20 Å². The minimum Gasteiger partial charge on any atom is -0.256 e. The van der Waals surface area contributed by atoms with Gasteiger partial charge in [-0.05, 0) is 40.8 Å². The zero-order valence-electron chi connectivity index (χ0n) is 8.54. The lowest BCUT2D eigenvalue weighted by molar-refractivity contribution is 1.31. The van der Waals surface area contributed by atoms with E-state index in [9.17, 15) is 4.91 Å². The summed E-state index contributed by atoms with van der Waals surface area (Å²) in [5, 5.41) is 0. The van der Waals surface area contributed by atoms with Crippen LogP contribution in [0.25, 0.3) is 11.3 Å². The molecule has 0 fully saturated rings. The first-order valence-corrected chi connectivity index (χ1v) is 6.05. The Hall–Kier alpha value is -1.81. The van der Waals surface area contributed by atoms with Gasteiger partial charge in [-0.2, -0.15) is 0 Å². The van der Waals surface area contributed by atoms with Gasteiger partial charge in [0.2, 0.25) is 0 Å². The van der Waals surface area contributed by atoms with E-state index < -0.39 is 10.7 Å². The summed E-state index contributed by atoms with van der Waals surface area (Å²) in [5.74, 6) is 3.69. The molecule has 3 nitrogen and oxygen atoms in total. The van der Waals surface area contributed by atoms with Crippen molar-refractivity contribution in [2.24, 2.45) is 4.58 Å². The molecule has 0 N–H and O–H groups in total. The Bertz CT molecular complexity index is 526. The van der Waals surface area contributed by atoms with Gasteiger partial charge in [0.1, 0.15) is 0 Å². The number of pyridine rings is 1. The number of benzene rings is 1. The Morgan fingerprint density at radius 1 is 1.19 bits per heavy atom. The second-order valence-electron chi connectivity index (χ2n) is 3.18. The maximum absolute atomic E-state index is 10.4. The summed E-state index contributed by atoms with van der Waals surface area (Å²) < 4.78 is 2.94. The third-order valence-corrected chi connectivity index (χ3v) is 3.13. The Morgan fingerprint density at radius 3 is 2.75 bits per heavy atom. The number of nitrogens with zero attached hydrogens (tertiary/aromatic N) is 2. The number of hydrogen-bond donors (Lipinski definition) is 0. The van der Waals surface area contributed by atoms with E-state index in [-0.39, 0.29) is 0 Å². The molecule has 4 heteroatoms. The number of aromatic nitrogens is 1. The van der Waals surface area contributed by atoms with Crippen LogP contribution in [0.1, 0.15) is 0 Å². The molecular weight excluding hydrogens is 220 g/mol. The van der Waals surface area contributed by atoms with E-state index in [1.807, 2.05) is 42.5 Å². The largest absolute Gasteiger partial charge is 0.256 e. The molecule has 0 aliphatic rings. The fourth-order valence-corrected chi connectivity index (χ4v) is 1.96. The van der Waals surface area contributed by atoms with Crippen molar-refractivity contribution in [3.05, 3.63) is 53.6 Å². The highest BCUT2D eigenvalue weighted by atomic mass is 32.2. The van der Waals surface area contributed by atoms with Gasteiger partial charge in [-0.3, -0.25) is 4.98 Å². The van der Waals surface area contributed by atoms with Gasteiger partial charge in [0.25, 0.3) is 0 Å². The highest BCUT2D eigenvalue weighted by molar-refractivity contribution is 8.12. The summed E-state index contributed by atoms with van der Waals surface area (Å²) in [4.78, 5) is 15.5. The molecule has 0 aliphatic carbocycles. The average molecular weight is 230 g/mol. The highest BCUT2D eigenvalue weighted by Crippen LogP contribution is 2.28. The second-order valence-corrected chi connectivity index (χ2v) is 4.53. The number of nitroso groups, excluding NO2 is 1. The van der Waals surface area contributed by atoms with E-state index >= 15 is 0 Å². The topological polar surface area (TPSA) is 42.3 Å². The van der Waals surface area contributed by atoms with Crippen molar-refractivity contribution in [2.75, 3.05) is 0 Å². The molecule has 0 spiro atoms. The maximum Gasteiger partial charge on any atom is 0.0702 e. The van der Waals surface area contributed by atoms with Crippen LogP contribution in [0.3, 0.4) is 0 Å². The van der Waals surface area contributed by atoms with Gasteiger partial charge >= 0.3 is 0 Å². The Labute approximate surface area is 96.2 Å². The van der Waals surface area contributed by atoms with Crippen LogP contribution in [0.15, 0.2) is 58.1 Å². The summed E-state index contributed by atoms with van der Waals surface area (Å²) in [6.45, 7) is 0. The molecule has 80 valence electrons. The predicted octanol–water partition coefficient (Wildman–Crippen LogP) is 3.49. The van der Waals surface area contributed by atoms with E-state index in [2.05, 4.69) is 15.4 Å². The summed E-state index contributed by atoms with van der Waals surface area (Å²) in [6.07, 6.45) is 1.74. The molecule has 1 aromatic heterocycles. The molecule has 0 saturated heterocycles. The predicted molar refractivity (Wildman–Crippen MR) is 68.4 cm³/mol. The lowest BCUT2D eigenvalue weighted by Gasteiger charge is -2.03. The van der Waals surface area contributed by atoms with Crippen molar-refractivity contribution in [1.29, 1.82) is 0 Å². The summed E-state index contributed by atoms with van der Waals surface area (Å²) in [7, 11) is -0.833. The second kappa shape index (κ2) is 4.81. The van der Waals surface area contributed by atoms with Crippen molar-refractivity contribution < 1.29 is 0 Å². The van der Waals surface area contributed by atoms with E-state index in [0.717, 1.165) is 16.2 Å². The molecule has 1 heterocycles. The smallest absolute Gasteiger partial charge is 0.0702 e. The van der Waals surface area contributed by atoms with Crippen molar-refractivity contribution in [1.82, 2.24) is 4.98 Å². The minimum absolute atomic E-state index is 0.832. The number of rotatable bonds is 3. The van der Waals surface area contributed by atoms with Crippen LogP contribution in [-0.4, -0.2) is 10.9 Å². The molecule has 1 atom stereocenters. The molecule has 16 heavy (non-hydrogen) atoms. The van der Waals surface area contributed by atoms with Gasteiger partial charge in [0.15, 0.2) is 0 Å². The highest BCUT2D eigenvalue weighted by Gasteiger charge is 2.01. The van der Waals surface area contributed by atoms with E-state index in [4.69, 9.17) is 0 Å².